The van der Waals surface area contributed by atoms with Gasteiger partial charge in [-0.2, -0.15) is 0 Å². The maximum atomic E-state index is 12.4. The van der Waals surface area contributed by atoms with Gasteiger partial charge < -0.3 is 13.8 Å². The summed E-state index contributed by atoms with van der Waals surface area (Å²) in [6.45, 7) is 5.56. The van der Waals surface area contributed by atoms with Gasteiger partial charge in [0, 0.05) is 6.61 Å². The third-order valence-electron chi connectivity index (χ3n) is 1.72. The van der Waals surface area contributed by atoms with Gasteiger partial charge in [0.15, 0.2) is 0 Å². The van der Waals surface area contributed by atoms with E-state index < -0.39 is 21.1 Å². The van der Waals surface area contributed by atoms with Crippen molar-refractivity contribution < 1.29 is 22.9 Å². The molecule has 0 heterocycles. The van der Waals surface area contributed by atoms with Gasteiger partial charge in [-0.3, -0.25) is 9.13 Å². The molecule has 0 amide bonds. The fraction of sp³-hybridized carbons (Fsp3) is 1.00. The van der Waals surface area contributed by atoms with Crippen LogP contribution in [-0.2, 0) is 22.9 Å². The Morgan fingerprint density at radius 1 is 1.19 bits per heavy atom. The van der Waals surface area contributed by atoms with Crippen molar-refractivity contribution in [3.05, 3.63) is 0 Å². The zero-order valence-electron chi connectivity index (χ0n) is 9.64. The molecule has 0 aliphatic rings. The number of rotatable bonds is 9. The van der Waals surface area contributed by atoms with E-state index in [0.717, 1.165) is 0 Å². The van der Waals surface area contributed by atoms with Gasteiger partial charge in [-0.05, 0) is 20.8 Å². The van der Waals surface area contributed by atoms with Gasteiger partial charge in [-0.15, -0.1) is 11.6 Å². The Bertz CT molecular complexity index is 253. The molecule has 5 nitrogen and oxygen atoms in total. The first-order valence-electron chi connectivity index (χ1n) is 4.99. The second-order valence-electron chi connectivity index (χ2n) is 2.73. The molecule has 0 aromatic rings. The highest BCUT2D eigenvalue weighted by Crippen LogP contribution is 2.65. The van der Waals surface area contributed by atoms with E-state index in [0.29, 0.717) is 0 Å². The van der Waals surface area contributed by atoms with Crippen LogP contribution in [0.25, 0.3) is 0 Å². The fourth-order valence-corrected chi connectivity index (χ4v) is 4.33. The Kier molecular flexibility index (Phi) is 8.00. The minimum Gasteiger partial charge on any atom is -0.351 e. The molecule has 0 fully saturated rings. The van der Waals surface area contributed by atoms with Gasteiger partial charge in [-0.1, -0.05) is 0 Å². The summed E-state index contributed by atoms with van der Waals surface area (Å²) in [4.78, 5) is 0. The molecular formula is C8H17ClO5P2. The van der Waals surface area contributed by atoms with Crippen LogP contribution >= 0.6 is 27.7 Å². The lowest BCUT2D eigenvalue weighted by atomic mass is 10.8. The zero-order chi connectivity index (χ0) is 12.7. The monoisotopic (exact) mass is 290 g/mol. The lowest BCUT2D eigenvalue weighted by Crippen LogP contribution is -2.30. The SMILES string of the molecule is CCOC(CCl)(P=O)P(=O)(OCC)OCC. The normalized spacial score (nSPS) is 16.2. The molecule has 0 saturated heterocycles. The molecule has 0 rings (SSSR count). The van der Waals surface area contributed by atoms with Crippen molar-refractivity contribution in [3.63, 3.8) is 0 Å². The summed E-state index contributed by atoms with van der Waals surface area (Å²) in [7, 11) is -4.16. The van der Waals surface area contributed by atoms with E-state index in [1.807, 2.05) is 0 Å². The maximum absolute atomic E-state index is 12.4. The standard InChI is InChI=1S/C8H17ClO5P2/c1-4-12-8(7-9,15-10)16(11,13-5-2)14-6-3/h4-7H2,1-3H3. The van der Waals surface area contributed by atoms with Crippen LogP contribution in [0.4, 0.5) is 0 Å². The first-order valence-corrected chi connectivity index (χ1v) is 7.88. The Morgan fingerprint density at radius 3 is 1.94 bits per heavy atom. The Hall–Kier alpha value is 0.500. The van der Waals surface area contributed by atoms with Gasteiger partial charge in [0.1, 0.15) is 0 Å². The lowest BCUT2D eigenvalue weighted by molar-refractivity contribution is 0.0655. The van der Waals surface area contributed by atoms with E-state index >= 15 is 0 Å². The van der Waals surface area contributed by atoms with Crippen molar-refractivity contribution in [2.75, 3.05) is 25.7 Å². The Morgan fingerprint density at radius 2 is 1.69 bits per heavy atom. The largest absolute Gasteiger partial charge is 0.375 e. The molecule has 0 radical (unpaired) electrons. The number of hydrogen-bond acceptors (Lipinski definition) is 5. The molecule has 0 spiro atoms. The topological polar surface area (TPSA) is 61.8 Å². The van der Waals surface area contributed by atoms with Crippen molar-refractivity contribution in [2.24, 2.45) is 0 Å². The second kappa shape index (κ2) is 7.75. The quantitative estimate of drug-likeness (QED) is 0.480. The molecule has 0 bridgehead atoms. The van der Waals surface area contributed by atoms with E-state index in [1.54, 1.807) is 20.8 Å². The number of alkyl halides is 1. The summed E-state index contributed by atoms with van der Waals surface area (Å²) >= 11 is 5.69. The lowest BCUT2D eigenvalue weighted by Gasteiger charge is -2.31. The van der Waals surface area contributed by atoms with Crippen molar-refractivity contribution in [1.82, 2.24) is 0 Å². The molecule has 16 heavy (non-hydrogen) atoms. The smallest absolute Gasteiger partial charge is 0.351 e. The zero-order valence-corrected chi connectivity index (χ0v) is 12.2. The molecule has 0 aliphatic carbocycles. The number of halogens is 1. The van der Waals surface area contributed by atoms with Gasteiger partial charge in [0.05, 0.1) is 19.1 Å². The van der Waals surface area contributed by atoms with Gasteiger partial charge >= 0.3 is 7.60 Å². The molecule has 0 aliphatic heterocycles. The molecule has 0 N–H and O–H groups in total. The van der Waals surface area contributed by atoms with Gasteiger partial charge in [-0.25, -0.2) is 0 Å². The number of hydrogen-bond donors (Lipinski definition) is 0. The van der Waals surface area contributed by atoms with E-state index in [4.69, 9.17) is 25.4 Å². The fourth-order valence-electron chi connectivity index (χ4n) is 1.10. The molecule has 1 atom stereocenters. The van der Waals surface area contributed by atoms with Crippen LogP contribution in [0.5, 0.6) is 0 Å². The summed E-state index contributed by atoms with van der Waals surface area (Å²) in [6.07, 6.45) is 0. The summed E-state index contributed by atoms with van der Waals surface area (Å²) in [5, 5.41) is -1.62. The van der Waals surface area contributed by atoms with Crippen LogP contribution in [0, 0.1) is 0 Å². The third kappa shape index (κ3) is 3.49. The predicted molar refractivity (Wildman–Crippen MR) is 63.5 cm³/mol. The maximum Gasteiger partial charge on any atom is 0.375 e. The summed E-state index contributed by atoms with van der Waals surface area (Å²) in [5.41, 5.74) is 0. The average Bonchev–Trinajstić information content (AvgIpc) is 2.26. The Balaban J connectivity index is 5.22. The summed E-state index contributed by atoms with van der Waals surface area (Å²) in [5.74, 6) is -0.233. The van der Waals surface area contributed by atoms with Crippen LogP contribution < -0.4 is 0 Å². The third-order valence-corrected chi connectivity index (χ3v) is 6.36. The Labute approximate surface area is 103 Å². The second-order valence-corrected chi connectivity index (χ2v) is 6.49. The van der Waals surface area contributed by atoms with E-state index in [2.05, 4.69) is 0 Å². The minimum atomic E-state index is -3.66. The van der Waals surface area contributed by atoms with Gasteiger partial charge in [0.2, 0.25) is 8.46 Å². The molecule has 0 aromatic carbocycles. The van der Waals surface area contributed by atoms with Crippen LogP contribution in [-0.4, -0.2) is 30.8 Å². The summed E-state index contributed by atoms with van der Waals surface area (Å²) < 4.78 is 39.0. The molecule has 8 heteroatoms. The van der Waals surface area contributed by atoms with Crippen molar-refractivity contribution in [1.29, 1.82) is 0 Å². The number of ether oxygens (including phenoxy) is 1. The minimum absolute atomic E-state index is 0.165. The molecule has 0 saturated carbocycles. The molecular weight excluding hydrogens is 273 g/mol. The molecule has 96 valence electrons. The van der Waals surface area contributed by atoms with Crippen LogP contribution in [0.3, 0.4) is 0 Å². The first-order chi connectivity index (χ1) is 7.55. The van der Waals surface area contributed by atoms with E-state index in [1.165, 1.54) is 0 Å². The highest BCUT2D eigenvalue weighted by Gasteiger charge is 2.53. The van der Waals surface area contributed by atoms with E-state index in [-0.39, 0.29) is 25.7 Å². The van der Waals surface area contributed by atoms with Crippen LogP contribution in [0.1, 0.15) is 20.8 Å². The van der Waals surface area contributed by atoms with Crippen molar-refractivity contribution in [3.8, 4) is 0 Å². The molecule has 1 unspecified atom stereocenters. The predicted octanol–water partition coefficient (Wildman–Crippen LogP) is 3.47. The highest BCUT2D eigenvalue weighted by atomic mass is 35.5. The van der Waals surface area contributed by atoms with E-state index in [9.17, 15) is 9.13 Å². The first kappa shape index (κ1) is 16.5. The van der Waals surface area contributed by atoms with Crippen molar-refractivity contribution in [2.45, 2.75) is 25.9 Å². The highest BCUT2D eigenvalue weighted by molar-refractivity contribution is 7.64. The molecule has 0 aromatic heterocycles. The average molecular weight is 291 g/mol. The van der Waals surface area contributed by atoms with Crippen LogP contribution in [0.2, 0.25) is 0 Å². The summed E-state index contributed by atoms with van der Waals surface area (Å²) in [6, 6.07) is 0. The van der Waals surface area contributed by atoms with Crippen LogP contribution in [0.15, 0.2) is 0 Å². The van der Waals surface area contributed by atoms with Gasteiger partial charge in [0.25, 0.3) is 5.08 Å². The van der Waals surface area contributed by atoms with Crippen molar-refractivity contribution >= 4 is 27.7 Å².